The number of nitrogens with zero attached hydrogens (tertiary/aromatic N) is 1. The first-order chi connectivity index (χ1) is 12.7. The van der Waals surface area contributed by atoms with Gasteiger partial charge in [-0.15, -0.1) is 0 Å². The van der Waals surface area contributed by atoms with Crippen LogP contribution in [0.5, 0.6) is 5.75 Å². The van der Waals surface area contributed by atoms with Crippen LogP contribution in [0.15, 0.2) is 54.6 Å². The summed E-state index contributed by atoms with van der Waals surface area (Å²) in [5.41, 5.74) is 2.16. The molecule has 3 rings (SSSR count). The number of hydrogen-bond donors (Lipinski definition) is 1. The number of nitrogens with one attached hydrogen (secondary N) is 1. The lowest BCUT2D eigenvalue weighted by Crippen LogP contribution is -3.13. The predicted molar refractivity (Wildman–Crippen MR) is 104 cm³/mol. The average Bonchev–Trinajstić information content (AvgIpc) is 2.68. The monoisotopic (exact) mass is 371 g/mol. The Labute approximate surface area is 159 Å². The summed E-state index contributed by atoms with van der Waals surface area (Å²) >= 11 is 6.12. The molecule has 1 fully saturated rings. The topological polar surface area (TPSA) is 34.0 Å². The van der Waals surface area contributed by atoms with E-state index in [9.17, 15) is 4.79 Å². The molecular weight excluding hydrogens is 348 g/mol. The zero-order valence-corrected chi connectivity index (χ0v) is 15.7. The maximum atomic E-state index is 12.4. The maximum absolute atomic E-state index is 12.4. The fraction of sp³-hybridized carbons (Fsp3) is 0.286. The van der Waals surface area contributed by atoms with Crippen LogP contribution in [0.3, 0.4) is 0 Å². The summed E-state index contributed by atoms with van der Waals surface area (Å²) < 4.78 is 5.20. The second-order valence-corrected chi connectivity index (χ2v) is 6.86. The fourth-order valence-corrected chi connectivity index (χ4v) is 3.33. The third-order valence-corrected chi connectivity index (χ3v) is 5.05. The molecule has 136 valence electrons. The molecule has 0 saturated carbocycles. The Morgan fingerprint density at radius 1 is 1.15 bits per heavy atom. The van der Waals surface area contributed by atoms with Crippen molar-refractivity contribution < 1.29 is 14.4 Å². The van der Waals surface area contributed by atoms with Gasteiger partial charge in [0.15, 0.2) is 0 Å². The number of carbonyl (C=O) groups excluding carboxylic acids is 1. The van der Waals surface area contributed by atoms with Crippen LogP contribution >= 0.6 is 11.6 Å². The highest BCUT2D eigenvalue weighted by Gasteiger charge is 2.22. The van der Waals surface area contributed by atoms with Gasteiger partial charge in [0.05, 0.1) is 33.3 Å². The van der Waals surface area contributed by atoms with E-state index in [0.717, 1.165) is 44.0 Å². The van der Waals surface area contributed by atoms with Crippen LogP contribution in [-0.4, -0.2) is 44.1 Å². The molecule has 0 aliphatic carbocycles. The van der Waals surface area contributed by atoms with Crippen molar-refractivity contribution in [3.63, 3.8) is 0 Å². The van der Waals surface area contributed by atoms with Crippen LogP contribution < -0.4 is 9.64 Å². The molecule has 2 aromatic rings. The maximum Gasteiger partial charge on any atom is 0.246 e. The van der Waals surface area contributed by atoms with Crippen LogP contribution in [0, 0.1) is 0 Å². The smallest absolute Gasteiger partial charge is 0.246 e. The van der Waals surface area contributed by atoms with E-state index in [1.165, 1.54) is 10.5 Å². The molecule has 1 aliphatic heterocycles. The lowest BCUT2D eigenvalue weighted by Gasteiger charge is -2.31. The second kappa shape index (κ2) is 8.88. The number of amides is 1. The molecular formula is C21H24ClN2O2+. The summed E-state index contributed by atoms with van der Waals surface area (Å²) in [6.07, 6.45) is 3.41. The second-order valence-electron chi connectivity index (χ2n) is 6.45. The van der Waals surface area contributed by atoms with E-state index >= 15 is 0 Å². The molecule has 0 atom stereocenters. The van der Waals surface area contributed by atoms with Gasteiger partial charge in [-0.1, -0.05) is 29.8 Å². The van der Waals surface area contributed by atoms with Gasteiger partial charge in [-0.25, -0.2) is 0 Å². The Bertz CT molecular complexity index is 766. The molecule has 0 aromatic heterocycles. The number of benzene rings is 2. The van der Waals surface area contributed by atoms with Crippen LogP contribution in [0.4, 0.5) is 0 Å². The van der Waals surface area contributed by atoms with Gasteiger partial charge >= 0.3 is 0 Å². The molecule has 1 N–H and O–H groups in total. The Hall–Kier alpha value is -2.30. The summed E-state index contributed by atoms with van der Waals surface area (Å²) in [4.78, 5) is 15.8. The quantitative estimate of drug-likeness (QED) is 0.818. The zero-order chi connectivity index (χ0) is 18.4. The van der Waals surface area contributed by atoms with E-state index in [1.54, 1.807) is 19.3 Å². The van der Waals surface area contributed by atoms with Gasteiger partial charge in [0.25, 0.3) is 0 Å². The number of rotatable bonds is 5. The first-order valence-electron chi connectivity index (χ1n) is 8.84. The number of methoxy groups -OCH3 is 1. The molecule has 1 saturated heterocycles. The van der Waals surface area contributed by atoms with Crippen molar-refractivity contribution >= 4 is 23.6 Å². The largest absolute Gasteiger partial charge is 0.497 e. The van der Waals surface area contributed by atoms with Crippen LogP contribution in [0.2, 0.25) is 5.02 Å². The van der Waals surface area contributed by atoms with Crippen molar-refractivity contribution in [2.24, 2.45) is 0 Å². The molecule has 1 heterocycles. The number of halogens is 1. The highest BCUT2D eigenvalue weighted by molar-refractivity contribution is 6.32. The Kier molecular flexibility index (Phi) is 6.31. The zero-order valence-electron chi connectivity index (χ0n) is 15.0. The van der Waals surface area contributed by atoms with E-state index in [4.69, 9.17) is 16.3 Å². The van der Waals surface area contributed by atoms with Crippen molar-refractivity contribution in [3.8, 4) is 5.75 Å². The fourth-order valence-electron chi connectivity index (χ4n) is 3.13. The highest BCUT2D eigenvalue weighted by Crippen LogP contribution is 2.16. The van der Waals surface area contributed by atoms with Crippen molar-refractivity contribution in [1.82, 2.24) is 4.90 Å². The highest BCUT2D eigenvalue weighted by atomic mass is 35.5. The number of ether oxygens (including phenoxy) is 1. The molecule has 0 unspecified atom stereocenters. The standard InChI is InChI=1S/C21H23ClN2O2/c1-26-19-9-6-17(7-10-19)16-23-12-14-24(15-13-23)21(25)11-8-18-4-2-3-5-20(18)22/h2-11H,12-16H2,1H3/p+1/b11-8+. The van der Waals surface area contributed by atoms with Gasteiger partial charge in [0.1, 0.15) is 12.3 Å². The lowest BCUT2D eigenvalue weighted by atomic mass is 10.2. The first-order valence-corrected chi connectivity index (χ1v) is 9.21. The minimum absolute atomic E-state index is 0.0495. The van der Waals surface area contributed by atoms with Gasteiger partial charge in [0, 0.05) is 16.7 Å². The Balaban J connectivity index is 1.49. The molecule has 1 aliphatic rings. The van der Waals surface area contributed by atoms with Crippen molar-refractivity contribution in [2.45, 2.75) is 6.54 Å². The van der Waals surface area contributed by atoms with E-state index < -0.39 is 0 Å². The molecule has 0 spiro atoms. The summed E-state index contributed by atoms with van der Waals surface area (Å²) in [5.74, 6) is 0.929. The number of quaternary nitrogens is 1. The van der Waals surface area contributed by atoms with Gasteiger partial charge in [-0.05, 0) is 42.0 Å². The van der Waals surface area contributed by atoms with Gasteiger partial charge < -0.3 is 14.5 Å². The lowest BCUT2D eigenvalue weighted by molar-refractivity contribution is -0.917. The summed E-state index contributed by atoms with van der Waals surface area (Å²) in [6, 6.07) is 15.7. The number of carbonyl (C=O) groups is 1. The Morgan fingerprint density at radius 3 is 2.50 bits per heavy atom. The summed E-state index contributed by atoms with van der Waals surface area (Å²) in [5, 5.41) is 0.658. The van der Waals surface area contributed by atoms with Gasteiger partial charge in [-0.3, -0.25) is 4.79 Å². The van der Waals surface area contributed by atoms with Gasteiger partial charge in [-0.2, -0.15) is 0 Å². The van der Waals surface area contributed by atoms with E-state index in [0.29, 0.717) is 5.02 Å². The number of hydrogen-bond acceptors (Lipinski definition) is 2. The third kappa shape index (κ3) is 4.87. The minimum atomic E-state index is 0.0495. The third-order valence-electron chi connectivity index (χ3n) is 4.71. The normalized spacial score (nSPS) is 15.4. The molecule has 4 nitrogen and oxygen atoms in total. The van der Waals surface area contributed by atoms with Crippen LogP contribution in [-0.2, 0) is 11.3 Å². The van der Waals surface area contributed by atoms with E-state index in [1.807, 2.05) is 41.3 Å². The molecule has 0 radical (unpaired) electrons. The summed E-state index contributed by atoms with van der Waals surface area (Å²) in [6.45, 7) is 4.44. The van der Waals surface area contributed by atoms with E-state index in [-0.39, 0.29) is 5.91 Å². The van der Waals surface area contributed by atoms with E-state index in [2.05, 4.69) is 12.1 Å². The molecule has 0 bridgehead atoms. The van der Waals surface area contributed by atoms with Crippen molar-refractivity contribution in [2.75, 3.05) is 33.3 Å². The molecule has 1 amide bonds. The van der Waals surface area contributed by atoms with Crippen molar-refractivity contribution in [3.05, 3.63) is 70.8 Å². The number of piperazine rings is 1. The predicted octanol–water partition coefficient (Wildman–Crippen LogP) is 2.29. The minimum Gasteiger partial charge on any atom is -0.497 e. The van der Waals surface area contributed by atoms with Crippen molar-refractivity contribution in [1.29, 1.82) is 0 Å². The Morgan fingerprint density at radius 2 is 1.85 bits per heavy atom. The summed E-state index contributed by atoms with van der Waals surface area (Å²) in [7, 11) is 1.68. The molecule has 5 heteroatoms. The molecule has 2 aromatic carbocycles. The molecule has 26 heavy (non-hydrogen) atoms. The van der Waals surface area contributed by atoms with Crippen LogP contribution in [0.25, 0.3) is 6.08 Å². The average molecular weight is 372 g/mol. The SMILES string of the molecule is COc1ccc(C[NH+]2CCN(C(=O)/C=C/c3ccccc3Cl)CC2)cc1. The van der Waals surface area contributed by atoms with Gasteiger partial charge in [0.2, 0.25) is 5.91 Å². The first kappa shape index (κ1) is 18.5. The van der Waals surface area contributed by atoms with Crippen LogP contribution in [0.1, 0.15) is 11.1 Å².